The van der Waals surface area contributed by atoms with Gasteiger partial charge >= 0.3 is 0 Å². The number of halogens is 1. The first-order valence-electron chi connectivity index (χ1n) is 7.68. The maximum atomic E-state index is 13.6. The Morgan fingerprint density at radius 2 is 2.00 bits per heavy atom. The number of hydrogen-bond donors (Lipinski definition) is 4. The van der Waals surface area contributed by atoms with Crippen molar-refractivity contribution in [1.29, 1.82) is 0 Å². The van der Waals surface area contributed by atoms with Crippen LogP contribution in [0.4, 0.5) is 10.1 Å². The number of hydrogen-bond acceptors (Lipinski definition) is 3. The van der Waals surface area contributed by atoms with Crippen molar-refractivity contribution in [2.75, 3.05) is 12.4 Å². The summed E-state index contributed by atoms with van der Waals surface area (Å²) in [6.07, 6.45) is 3.84. The van der Waals surface area contributed by atoms with Gasteiger partial charge in [0.15, 0.2) is 5.96 Å². The van der Waals surface area contributed by atoms with Gasteiger partial charge in [-0.1, -0.05) is 18.2 Å². The molecule has 0 aromatic heterocycles. The quantitative estimate of drug-likeness (QED) is 0.381. The lowest BCUT2D eigenvalue weighted by Crippen LogP contribution is -2.42. The maximum absolute atomic E-state index is 13.6. The second-order valence-electron chi connectivity index (χ2n) is 5.43. The van der Waals surface area contributed by atoms with Gasteiger partial charge in [0.25, 0.3) is 11.8 Å². The summed E-state index contributed by atoms with van der Waals surface area (Å²) in [5.41, 5.74) is 11.8. The number of aryl methyl sites for hydroxylation is 1. The molecule has 0 saturated carbocycles. The number of rotatable bonds is 3. The highest BCUT2D eigenvalue weighted by atomic mass is 19.1. The molecule has 2 rings (SSSR count). The van der Waals surface area contributed by atoms with E-state index in [2.05, 4.69) is 21.2 Å². The van der Waals surface area contributed by atoms with Crippen LogP contribution in [0.3, 0.4) is 0 Å². The van der Waals surface area contributed by atoms with Crippen LogP contribution in [0, 0.1) is 6.92 Å². The van der Waals surface area contributed by atoms with Crippen LogP contribution < -0.4 is 21.9 Å². The van der Waals surface area contributed by atoms with E-state index in [4.69, 9.17) is 5.73 Å². The van der Waals surface area contributed by atoms with Crippen molar-refractivity contribution in [1.82, 2.24) is 10.9 Å². The number of carbonyl (C=O) groups excluding carboxylic acids is 2. The van der Waals surface area contributed by atoms with E-state index in [1.165, 1.54) is 13.1 Å². The van der Waals surface area contributed by atoms with Crippen LogP contribution in [-0.4, -0.2) is 24.8 Å². The van der Waals surface area contributed by atoms with Gasteiger partial charge in [0, 0.05) is 29.0 Å². The molecule has 0 fully saturated rings. The number of anilines is 1. The Bertz CT molecular complexity index is 797. The van der Waals surface area contributed by atoms with Gasteiger partial charge < -0.3 is 11.1 Å². The number of nitrogens with one attached hydrogen (secondary N) is 3. The van der Waals surface area contributed by atoms with Crippen molar-refractivity contribution in [3.05, 3.63) is 52.9 Å². The highest BCUT2D eigenvalue weighted by Gasteiger charge is 2.16. The molecule has 0 aliphatic heterocycles. The van der Waals surface area contributed by atoms with Crippen molar-refractivity contribution in [3.8, 4) is 0 Å². The lowest BCUT2D eigenvalue weighted by atomic mass is 10.1. The number of aliphatic imine (C=N–C) groups is 1. The summed E-state index contributed by atoms with van der Waals surface area (Å²) in [5, 5.41) is 2.87. The molecule has 7 nitrogen and oxygen atoms in total. The lowest BCUT2D eigenvalue weighted by Gasteiger charge is -2.13. The van der Waals surface area contributed by atoms with E-state index in [1.54, 1.807) is 24.3 Å². The van der Waals surface area contributed by atoms with Crippen LogP contribution in [0.15, 0.2) is 46.7 Å². The maximum Gasteiger partial charge on any atom is 0.272 e. The first-order chi connectivity index (χ1) is 11.9. The molecule has 0 unspecified atom stereocenters. The molecule has 0 atom stereocenters. The minimum Gasteiger partial charge on any atom is -0.370 e. The topological polar surface area (TPSA) is 109 Å². The molecule has 5 N–H and O–H groups in total. The van der Waals surface area contributed by atoms with E-state index in [0.29, 0.717) is 17.7 Å². The summed E-state index contributed by atoms with van der Waals surface area (Å²) >= 11 is 0. The molecule has 25 heavy (non-hydrogen) atoms. The van der Waals surface area contributed by atoms with Gasteiger partial charge in [-0.15, -0.1) is 0 Å². The van der Waals surface area contributed by atoms with Gasteiger partial charge in [-0.25, -0.2) is 4.39 Å². The molecule has 1 aliphatic rings. The molecule has 0 bridgehead atoms. The standard InChI is InChI=1S/C17H20FN5O2.3H2/c1-10-7-8-11(9-14(10)21-17(19)20-2)15(24)22-23-16(25)12-5-3-4-6-13(12)18;;;/h3,5,7-9H,4,6H2,1-2H3,(H,22,24)(H,23,25)(H3,19,20,21);3*1H. The summed E-state index contributed by atoms with van der Waals surface area (Å²) in [6, 6.07) is 4.91. The number of nitrogens with two attached hydrogens (primary N) is 1. The highest BCUT2D eigenvalue weighted by Crippen LogP contribution is 2.20. The third kappa shape index (κ3) is 4.66. The van der Waals surface area contributed by atoms with E-state index in [-0.39, 0.29) is 22.2 Å². The Balaban J connectivity index is 0. The van der Waals surface area contributed by atoms with Crippen LogP contribution in [0.2, 0.25) is 0 Å². The van der Waals surface area contributed by atoms with Gasteiger partial charge in [0.05, 0.1) is 5.57 Å². The van der Waals surface area contributed by atoms with Crippen LogP contribution in [0.5, 0.6) is 0 Å². The fraction of sp³-hybridized carbons (Fsp3) is 0.235. The predicted molar refractivity (Wildman–Crippen MR) is 101 cm³/mol. The Kier molecular flexibility index (Phi) is 5.89. The highest BCUT2D eigenvalue weighted by molar-refractivity contribution is 6.01. The summed E-state index contributed by atoms with van der Waals surface area (Å²) in [4.78, 5) is 27.9. The van der Waals surface area contributed by atoms with Crippen LogP contribution in [0.1, 0.15) is 33.0 Å². The lowest BCUT2D eigenvalue weighted by molar-refractivity contribution is -0.118. The molecule has 8 heteroatoms. The smallest absolute Gasteiger partial charge is 0.272 e. The molecule has 1 aliphatic carbocycles. The minimum atomic E-state index is -0.699. The fourth-order valence-corrected chi connectivity index (χ4v) is 2.18. The van der Waals surface area contributed by atoms with Gasteiger partial charge in [0.2, 0.25) is 0 Å². The largest absolute Gasteiger partial charge is 0.370 e. The number of hydrazine groups is 1. The number of nitrogens with zero attached hydrogens (tertiary/aromatic N) is 1. The van der Waals surface area contributed by atoms with Crippen molar-refractivity contribution >= 4 is 23.5 Å². The summed E-state index contributed by atoms with van der Waals surface area (Å²) in [6.45, 7) is 1.85. The van der Waals surface area contributed by atoms with Gasteiger partial charge in [-0.05, 0) is 31.0 Å². The molecule has 0 spiro atoms. The minimum absolute atomic E-state index is 0. The monoisotopic (exact) mass is 351 g/mol. The molecule has 0 radical (unpaired) electrons. The van der Waals surface area contributed by atoms with Crippen LogP contribution in [0.25, 0.3) is 0 Å². The van der Waals surface area contributed by atoms with Crippen molar-refractivity contribution in [2.45, 2.75) is 19.8 Å². The van der Waals surface area contributed by atoms with E-state index in [0.717, 1.165) is 5.56 Å². The second kappa shape index (κ2) is 8.09. The number of allylic oxidation sites excluding steroid dienone is 2. The van der Waals surface area contributed by atoms with E-state index < -0.39 is 17.6 Å². The Labute approximate surface area is 149 Å². The zero-order valence-electron chi connectivity index (χ0n) is 14.0. The normalized spacial score (nSPS) is 14.3. The first-order valence-corrected chi connectivity index (χ1v) is 7.68. The summed E-state index contributed by atoms with van der Waals surface area (Å²) in [5.74, 6) is -1.52. The number of amides is 2. The third-order valence-electron chi connectivity index (χ3n) is 3.64. The average Bonchev–Trinajstić information content (AvgIpc) is 2.61. The van der Waals surface area contributed by atoms with Crippen LogP contribution >= 0.6 is 0 Å². The molecule has 0 saturated heterocycles. The van der Waals surface area contributed by atoms with Gasteiger partial charge in [-0.3, -0.25) is 25.4 Å². The Morgan fingerprint density at radius 3 is 2.68 bits per heavy atom. The van der Waals surface area contributed by atoms with Gasteiger partial charge in [-0.2, -0.15) is 0 Å². The number of benzene rings is 1. The molecule has 138 valence electrons. The van der Waals surface area contributed by atoms with Crippen LogP contribution in [-0.2, 0) is 4.79 Å². The summed E-state index contributed by atoms with van der Waals surface area (Å²) < 4.78 is 13.6. The van der Waals surface area contributed by atoms with E-state index >= 15 is 0 Å². The number of guanidine groups is 1. The zero-order valence-corrected chi connectivity index (χ0v) is 14.0. The molecule has 0 heterocycles. The average molecular weight is 351 g/mol. The van der Waals surface area contributed by atoms with Gasteiger partial charge in [0.1, 0.15) is 5.83 Å². The van der Waals surface area contributed by atoms with Crippen molar-refractivity contribution < 1.29 is 18.3 Å². The Morgan fingerprint density at radius 1 is 1.28 bits per heavy atom. The van der Waals surface area contributed by atoms with Crippen molar-refractivity contribution in [3.63, 3.8) is 0 Å². The molecule has 1 aromatic carbocycles. The fourth-order valence-electron chi connectivity index (χ4n) is 2.18. The van der Waals surface area contributed by atoms with E-state index in [9.17, 15) is 14.0 Å². The zero-order chi connectivity index (χ0) is 18.4. The second-order valence-corrected chi connectivity index (χ2v) is 5.43. The SMILES string of the molecule is CN=C(N)Nc1cc(C(=O)NNC(=O)C2=C(F)CCC=C2)ccc1C.[HH].[HH].[HH]. The molecular weight excluding hydrogens is 325 g/mol. The summed E-state index contributed by atoms with van der Waals surface area (Å²) in [7, 11) is 1.54. The molecule has 2 amide bonds. The van der Waals surface area contributed by atoms with E-state index in [1.807, 2.05) is 6.92 Å². The predicted octanol–water partition coefficient (Wildman–Crippen LogP) is 2.42. The molecule has 1 aromatic rings. The Hall–Kier alpha value is -3.16. The first kappa shape index (κ1) is 18.2. The molecular formula is C17H26FN5O2. The number of carbonyl (C=O) groups is 2. The van der Waals surface area contributed by atoms with Crippen molar-refractivity contribution in [2.24, 2.45) is 10.7 Å². The third-order valence-corrected chi connectivity index (χ3v) is 3.64.